The van der Waals surface area contributed by atoms with Gasteiger partial charge in [0.05, 0.1) is 19.7 Å². The molecule has 30 heavy (non-hydrogen) atoms. The molecule has 8 heteroatoms. The first-order valence-corrected chi connectivity index (χ1v) is 9.71. The van der Waals surface area contributed by atoms with Crippen molar-refractivity contribution in [3.63, 3.8) is 0 Å². The van der Waals surface area contributed by atoms with Crippen LogP contribution in [0.5, 0.6) is 11.5 Å². The number of rotatable bonds is 8. The van der Waals surface area contributed by atoms with Gasteiger partial charge < -0.3 is 25.8 Å². The second-order valence-corrected chi connectivity index (χ2v) is 6.67. The molecule has 0 saturated carbocycles. The first-order valence-electron chi connectivity index (χ1n) is 9.71. The Kier molecular flexibility index (Phi) is 11.0. The SMILES string of the molecule is CCNC(=NCCNC(=O)c1ccc(O)cc1)NC(C)c1cc(C)ccc1OC.I. The number of phenolic OH excluding ortho intramolecular Hbond substituents is 1. The van der Waals surface area contributed by atoms with Gasteiger partial charge in [-0.3, -0.25) is 9.79 Å². The second-order valence-electron chi connectivity index (χ2n) is 6.67. The van der Waals surface area contributed by atoms with E-state index in [9.17, 15) is 9.90 Å². The fraction of sp³-hybridized carbons (Fsp3) is 0.364. The fourth-order valence-corrected chi connectivity index (χ4v) is 2.85. The summed E-state index contributed by atoms with van der Waals surface area (Å²) in [5, 5.41) is 18.7. The van der Waals surface area contributed by atoms with Crippen molar-refractivity contribution in [3.8, 4) is 11.5 Å². The van der Waals surface area contributed by atoms with E-state index in [1.165, 1.54) is 12.1 Å². The van der Waals surface area contributed by atoms with Crippen molar-refractivity contribution >= 4 is 35.8 Å². The van der Waals surface area contributed by atoms with Gasteiger partial charge in [0.2, 0.25) is 0 Å². The average Bonchev–Trinajstić information content (AvgIpc) is 2.71. The van der Waals surface area contributed by atoms with Crippen LogP contribution in [0.4, 0.5) is 0 Å². The van der Waals surface area contributed by atoms with Crippen LogP contribution in [0.25, 0.3) is 0 Å². The fourth-order valence-electron chi connectivity index (χ4n) is 2.85. The van der Waals surface area contributed by atoms with Gasteiger partial charge in [-0.1, -0.05) is 17.7 Å². The van der Waals surface area contributed by atoms with Gasteiger partial charge >= 0.3 is 0 Å². The lowest BCUT2D eigenvalue weighted by Gasteiger charge is -2.20. The van der Waals surface area contributed by atoms with Gasteiger partial charge in [-0.05, 0) is 51.1 Å². The maximum atomic E-state index is 12.1. The number of amides is 1. The third-order valence-corrected chi connectivity index (χ3v) is 4.35. The molecule has 0 aliphatic heterocycles. The number of aromatic hydroxyl groups is 1. The Balaban J connectivity index is 0.00000450. The molecule has 1 atom stereocenters. The third kappa shape index (κ3) is 7.74. The number of ether oxygens (including phenoxy) is 1. The summed E-state index contributed by atoms with van der Waals surface area (Å²) in [5.41, 5.74) is 2.71. The Hall–Kier alpha value is -2.49. The molecule has 0 fully saturated rings. The summed E-state index contributed by atoms with van der Waals surface area (Å²) in [6.45, 7) is 7.66. The molecule has 0 spiro atoms. The largest absolute Gasteiger partial charge is 0.508 e. The summed E-state index contributed by atoms with van der Waals surface area (Å²) in [6, 6.07) is 12.2. The second kappa shape index (κ2) is 12.9. The van der Waals surface area contributed by atoms with Crippen LogP contribution in [0.2, 0.25) is 0 Å². The van der Waals surface area contributed by atoms with Crippen molar-refractivity contribution in [2.24, 2.45) is 4.99 Å². The van der Waals surface area contributed by atoms with Crippen LogP contribution in [0, 0.1) is 6.92 Å². The summed E-state index contributed by atoms with van der Waals surface area (Å²) in [7, 11) is 1.66. The van der Waals surface area contributed by atoms with Crippen molar-refractivity contribution in [1.29, 1.82) is 0 Å². The maximum absolute atomic E-state index is 12.1. The summed E-state index contributed by atoms with van der Waals surface area (Å²) < 4.78 is 5.47. The highest BCUT2D eigenvalue weighted by Crippen LogP contribution is 2.25. The number of nitrogens with zero attached hydrogens (tertiary/aromatic N) is 1. The molecule has 0 heterocycles. The van der Waals surface area contributed by atoms with Crippen molar-refractivity contribution < 1.29 is 14.6 Å². The van der Waals surface area contributed by atoms with E-state index in [0.29, 0.717) is 24.6 Å². The van der Waals surface area contributed by atoms with E-state index in [2.05, 4.69) is 33.9 Å². The van der Waals surface area contributed by atoms with E-state index in [1.54, 1.807) is 19.2 Å². The standard InChI is InChI=1S/C22H30N4O3.HI/c1-5-23-22(26-16(3)19-14-15(2)6-11-20(19)29-4)25-13-12-24-21(28)17-7-9-18(27)10-8-17;/h6-11,14,16,27H,5,12-13H2,1-4H3,(H,24,28)(H2,23,25,26);1H. The molecule has 2 aromatic rings. The van der Waals surface area contributed by atoms with Gasteiger partial charge in [-0.15, -0.1) is 24.0 Å². The number of aliphatic imine (C=N–C) groups is 1. The normalized spacial score (nSPS) is 11.8. The molecule has 2 rings (SSSR count). The van der Waals surface area contributed by atoms with Gasteiger partial charge in [0, 0.05) is 24.2 Å². The molecule has 0 aliphatic carbocycles. The number of carbonyl (C=O) groups excluding carboxylic acids is 1. The summed E-state index contributed by atoms with van der Waals surface area (Å²) in [6.07, 6.45) is 0. The Bertz CT molecular complexity index is 841. The molecular weight excluding hydrogens is 495 g/mol. The molecule has 164 valence electrons. The number of carbonyl (C=O) groups is 1. The van der Waals surface area contributed by atoms with E-state index in [1.807, 2.05) is 26.0 Å². The molecule has 1 unspecified atom stereocenters. The van der Waals surface area contributed by atoms with Crippen molar-refractivity contribution in [2.45, 2.75) is 26.8 Å². The molecule has 0 aliphatic rings. The molecule has 0 bridgehead atoms. The highest BCUT2D eigenvalue weighted by molar-refractivity contribution is 14.0. The van der Waals surface area contributed by atoms with Gasteiger partial charge in [0.1, 0.15) is 11.5 Å². The van der Waals surface area contributed by atoms with Gasteiger partial charge in [-0.25, -0.2) is 0 Å². The van der Waals surface area contributed by atoms with Gasteiger partial charge in [-0.2, -0.15) is 0 Å². The predicted octanol–water partition coefficient (Wildman–Crippen LogP) is 3.37. The monoisotopic (exact) mass is 526 g/mol. The van der Waals surface area contributed by atoms with E-state index in [-0.39, 0.29) is 41.7 Å². The lowest BCUT2D eigenvalue weighted by molar-refractivity contribution is 0.0955. The zero-order valence-electron chi connectivity index (χ0n) is 17.9. The summed E-state index contributed by atoms with van der Waals surface area (Å²) in [5.74, 6) is 1.43. The molecule has 7 nitrogen and oxygen atoms in total. The molecular formula is C22H31IN4O3. The van der Waals surface area contributed by atoms with Gasteiger partial charge in [0.25, 0.3) is 5.91 Å². The lowest BCUT2D eigenvalue weighted by Crippen LogP contribution is -2.39. The molecule has 0 radical (unpaired) electrons. The zero-order chi connectivity index (χ0) is 21.2. The minimum Gasteiger partial charge on any atom is -0.508 e. The Morgan fingerprint density at radius 3 is 2.50 bits per heavy atom. The lowest BCUT2D eigenvalue weighted by atomic mass is 10.0. The van der Waals surface area contributed by atoms with Crippen LogP contribution < -0.4 is 20.7 Å². The first kappa shape index (κ1) is 25.5. The molecule has 0 aromatic heterocycles. The number of guanidine groups is 1. The molecule has 0 saturated heterocycles. The van der Waals surface area contributed by atoms with E-state index in [4.69, 9.17) is 4.74 Å². The predicted molar refractivity (Wildman–Crippen MR) is 131 cm³/mol. The number of methoxy groups -OCH3 is 1. The van der Waals surface area contributed by atoms with Crippen LogP contribution in [-0.2, 0) is 0 Å². The molecule has 1 amide bonds. The van der Waals surface area contributed by atoms with Crippen LogP contribution in [-0.4, -0.2) is 43.7 Å². The maximum Gasteiger partial charge on any atom is 0.251 e. The van der Waals surface area contributed by atoms with Crippen molar-refractivity contribution in [1.82, 2.24) is 16.0 Å². The smallest absolute Gasteiger partial charge is 0.251 e. The van der Waals surface area contributed by atoms with E-state index in [0.717, 1.165) is 23.4 Å². The minimum absolute atomic E-state index is 0. The number of benzene rings is 2. The zero-order valence-corrected chi connectivity index (χ0v) is 20.2. The van der Waals surface area contributed by atoms with Crippen LogP contribution >= 0.6 is 24.0 Å². The highest BCUT2D eigenvalue weighted by atomic mass is 127. The van der Waals surface area contributed by atoms with Crippen molar-refractivity contribution in [3.05, 3.63) is 59.2 Å². The number of halogens is 1. The number of phenols is 1. The van der Waals surface area contributed by atoms with Crippen LogP contribution in [0.3, 0.4) is 0 Å². The topological polar surface area (TPSA) is 95.0 Å². The van der Waals surface area contributed by atoms with Crippen LogP contribution in [0.15, 0.2) is 47.5 Å². The Morgan fingerprint density at radius 1 is 1.17 bits per heavy atom. The summed E-state index contributed by atoms with van der Waals surface area (Å²) in [4.78, 5) is 16.6. The first-order chi connectivity index (χ1) is 13.9. The number of aryl methyl sites for hydroxylation is 1. The number of hydrogen-bond acceptors (Lipinski definition) is 4. The van der Waals surface area contributed by atoms with E-state index >= 15 is 0 Å². The van der Waals surface area contributed by atoms with Crippen molar-refractivity contribution in [2.75, 3.05) is 26.7 Å². The Labute approximate surface area is 195 Å². The van der Waals surface area contributed by atoms with Gasteiger partial charge in [0.15, 0.2) is 5.96 Å². The quantitative estimate of drug-likeness (QED) is 0.183. The Morgan fingerprint density at radius 2 is 1.87 bits per heavy atom. The number of nitrogens with one attached hydrogen (secondary N) is 3. The number of hydrogen-bond donors (Lipinski definition) is 4. The molecule has 2 aromatic carbocycles. The minimum atomic E-state index is -0.198. The van der Waals surface area contributed by atoms with Crippen LogP contribution in [0.1, 0.15) is 41.4 Å². The average molecular weight is 526 g/mol. The summed E-state index contributed by atoms with van der Waals surface area (Å²) >= 11 is 0. The third-order valence-electron chi connectivity index (χ3n) is 4.35. The highest BCUT2D eigenvalue weighted by Gasteiger charge is 2.13. The van der Waals surface area contributed by atoms with E-state index < -0.39 is 0 Å². The molecule has 4 N–H and O–H groups in total.